The number of pyridine rings is 1. The Bertz CT molecular complexity index is 972. The molecule has 0 spiro atoms. The summed E-state index contributed by atoms with van der Waals surface area (Å²) in [7, 11) is 1.53. The van der Waals surface area contributed by atoms with Crippen LogP contribution in [0.15, 0.2) is 48.7 Å². The molecule has 3 rings (SSSR count). The SMILES string of the molecule is COc1ccc(C(NC=O)c2cc([N+](=O)[O-])c3cccnc3c2O)cc1. The Balaban J connectivity index is 2.23. The predicted octanol–water partition coefficient (Wildman–Crippen LogP) is 2.69. The minimum atomic E-state index is -0.788. The minimum Gasteiger partial charge on any atom is -0.505 e. The topological polar surface area (TPSA) is 115 Å². The van der Waals surface area contributed by atoms with E-state index in [1.165, 1.54) is 25.4 Å². The lowest BCUT2D eigenvalue weighted by Crippen LogP contribution is -2.21. The van der Waals surface area contributed by atoms with Crippen LogP contribution in [-0.4, -0.2) is 28.5 Å². The van der Waals surface area contributed by atoms with Gasteiger partial charge < -0.3 is 15.2 Å². The zero-order chi connectivity index (χ0) is 18.7. The summed E-state index contributed by atoms with van der Waals surface area (Å²) in [6.07, 6.45) is 1.91. The number of nitrogens with zero attached hydrogens (tertiary/aromatic N) is 2. The number of nitro benzene ring substituents is 1. The van der Waals surface area contributed by atoms with Gasteiger partial charge in [0.15, 0.2) is 0 Å². The van der Waals surface area contributed by atoms with Crippen molar-refractivity contribution in [2.45, 2.75) is 6.04 Å². The second-order valence-corrected chi connectivity index (χ2v) is 5.48. The third-order valence-electron chi connectivity index (χ3n) is 4.07. The molecule has 26 heavy (non-hydrogen) atoms. The lowest BCUT2D eigenvalue weighted by Gasteiger charge is -2.19. The molecule has 1 unspecified atom stereocenters. The number of phenolic OH excluding ortho intramolecular Hbond substituents is 1. The van der Waals surface area contributed by atoms with E-state index in [2.05, 4.69) is 10.3 Å². The molecule has 0 saturated heterocycles. The van der Waals surface area contributed by atoms with Crippen molar-refractivity contribution >= 4 is 23.0 Å². The van der Waals surface area contributed by atoms with Gasteiger partial charge in [-0.1, -0.05) is 12.1 Å². The number of nitro groups is 1. The minimum absolute atomic E-state index is 0.0999. The van der Waals surface area contributed by atoms with Crippen LogP contribution in [0.2, 0.25) is 0 Å². The van der Waals surface area contributed by atoms with Crippen LogP contribution in [0.1, 0.15) is 17.2 Å². The van der Waals surface area contributed by atoms with E-state index < -0.39 is 11.0 Å². The van der Waals surface area contributed by atoms with Crippen LogP contribution < -0.4 is 10.1 Å². The second-order valence-electron chi connectivity index (χ2n) is 5.48. The van der Waals surface area contributed by atoms with E-state index in [0.29, 0.717) is 17.7 Å². The summed E-state index contributed by atoms with van der Waals surface area (Å²) in [4.78, 5) is 26.1. The zero-order valence-electron chi connectivity index (χ0n) is 13.7. The summed E-state index contributed by atoms with van der Waals surface area (Å²) in [5.74, 6) is 0.398. The van der Waals surface area contributed by atoms with Crippen molar-refractivity contribution < 1.29 is 19.6 Å². The molecule has 0 aliphatic rings. The summed E-state index contributed by atoms with van der Waals surface area (Å²) in [6, 6.07) is 10.3. The van der Waals surface area contributed by atoms with Crippen LogP contribution in [0, 0.1) is 10.1 Å². The van der Waals surface area contributed by atoms with Crippen molar-refractivity contribution in [2.75, 3.05) is 7.11 Å². The number of ether oxygens (including phenoxy) is 1. The maximum atomic E-state index is 11.5. The summed E-state index contributed by atoms with van der Waals surface area (Å²) in [5.41, 5.74) is 0.702. The van der Waals surface area contributed by atoms with Gasteiger partial charge >= 0.3 is 0 Å². The number of fused-ring (bicyclic) bond motifs is 1. The van der Waals surface area contributed by atoms with E-state index in [9.17, 15) is 20.0 Å². The molecular weight excluding hydrogens is 338 g/mol. The van der Waals surface area contributed by atoms with Crippen molar-refractivity contribution in [3.63, 3.8) is 0 Å². The molecule has 8 heteroatoms. The van der Waals surface area contributed by atoms with Gasteiger partial charge in [0.1, 0.15) is 17.0 Å². The largest absolute Gasteiger partial charge is 0.505 e. The lowest BCUT2D eigenvalue weighted by molar-refractivity contribution is -0.383. The number of aromatic hydroxyl groups is 1. The first-order chi connectivity index (χ1) is 12.6. The van der Waals surface area contributed by atoms with Crippen LogP contribution >= 0.6 is 0 Å². The fraction of sp³-hybridized carbons (Fsp3) is 0.111. The molecule has 0 saturated carbocycles. The molecule has 2 N–H and O–H groups in total. The molecule has 1 atom stereocenters. The van der Waals surface area contributed by atoms with E-state index in [1.54, 1.807) is 30.3 Å². The van der Waals surface area contributed by atoms with Gasteiger partial charge in [0, 0.05) is 17.8 Å². The Morgan fingerprint density at radius 1 is 1.31 bits per heavy atom. The third kappa shape index (κ3) is 3.00. The quantitative estimate of drug-likeness (QED) is 0.400. The number of carbonyl (C=O) groups excluding carboxylic acids is 1. The van der Waals surface area contributed by atoms with E-state index in [4.69, 9.17) is 4.74 Å². The Hall–Kier alpha value is -3.68. The maximum Gasteiger partial charge on any atom is 0.279 e. The fourth-order valence-electron chi connectivity index (χ4n) is 2.83. The van der Waals surface area contributed by atoms with Crippen LogP contribution in [0.25, 0.3) is 10.9 Å². The highest BCUT2D eigenvalue weighted by Gasteiger charge is 2.25. The van der Waals surface area contributed by atoms with Crippen molar-refractivity contribution in [1.29, 1.82) is 0 Å². The van der Waals surface area contributed by atoms with E-state index in [0.717, 1.165) is 0 Å². The summed E-state index contributed by atoms with van der Waals surface area (Å²) in [6.45, 7) is 0. The molecule has 2 aromatic carbocycles. The molecular formula is C18H15N3O5. The summed E-state index contributed by atoms with van der Waals surface area (Å²) >= 11 is 0. The van der Waals surface area contributed by atoms with E-state index >= 15 is 0 Å². The van der Waals surface area contributed by atoms with E-state index in [1.807, 2.05) is 0 Å². The van der Waals surface area contributed by atoms with Crippen LogP contribution in [-0.2, 0) is 4.79 Å². The van der Waals surface area contributed by atoms with E-state index in [-0.39, 0.29) is 27.9 Å². The molecule has 0 bridgehead atoms. The van der Waals surface area contributed by atoms with Gasteiger partial charge in [-0.2, -0.15) is 0 Å². The van der Waals surface area contributed by atoms with Crippen LogP contribution in [0.3, 0.4) is 0 Å². The zero-order valence-corrected chi connectivity index (χ0v) is 13.7. The number of hydrogen-bond acceptors (Lipinski definition) is 6. The number of rotatable bonds is 6. The molecule has 0 aliphatic carbocycles. The van der Waals surface area contributed by atoms with Crippen molar-refractivity contribution in [2.24, 2.45) is 0 Å². The molecule has 1 heterocycles. The number of methoxy groups -OCH3 is 1. The number of phenols is 1. The molecule has 132 valence electrons. The van der Waals surface area contributed by atoms with Crippen LogP contribution in [0.5, 0.6) is 11.5 Å². The number of hydrogen-bond donors (Lipinski definition) is 2. The van der Waals surface area contributed by atoms with Crippen molar-refractivity contribution in [1.82, 2.24) is 10.3 Å². The number of amides is 1. The fourth-order valence-corrected chi connectivity index (χ4v) is 2.83. The highest BCUT2D eigenvalue weighted by molar-refractivity contribution is 5.93. The highest BCUT2D eigenvalue weighted by Crippen LogP contribution is 2.39. The van der Waals surface area contributed by atoms with Gasteiger partial charge in [0.05, 0.1) is 23.5 Å². The van der Waals surface area contributed by atoms with Gasteiger partial charge in [0.25, 0.3) is 5.69 Å². The average molecular weight is 353 g/mol. The third-order valence-corrected chi connectivity index (χ3v) is 4.07. The predicted molar refractivity (Wildman–Crippen MR) is 94.1 cm³/mol. The lowest BCUT2D eigenvalue weighted by atomic mass is 9.95. The molecule has 3 aromatic rings. The summed E-state index contributed by atoms with van der Waals surface area (Å²) < 4.78 is 5.11. The first-order valence-electron chi connectivity index (χ1n) is 7.65. The normalized spacial score (nSPS) is 11.7. The summed E-state index contributed by atoms with van der Waals surface area (Å²) in [5, 5.41) is 24.9. The molecule has 0 radical (unpaired) electrons. The van der Waals surface area contributed by atoms with Crippen molar-refractivity contribution in [3.8, 4) is 11.5 Å². The van der Waals surface area contributed by atoms with Crippen LogP contribution in [0.4, 0.5) is 5.69 Å². The van der Waals surface area contributed by atoms with Gasteiger partial charge in [-0.3, -0.25) is 19.9 Å². The van der Waals surface area contributed by atoms with Gasteiger partial charge in [-0.15, -0.1) is 0 Å². The Kier molecular flexibility index (Phi) is 4.66. The Morgan fingerprint density at radius 2 is 2.04 bits per heavy atom. The molecule has 8 nitrogen and oxygen atoms in total. The molecule has 0 fully saturated rings. The number of benzene rings is 2. The standard InChI is InChI=1S/C18H15N3O5/c1-26-12-6-4-11(5-7-12)16(20-10-22)14-9-15(21(24)25)13-3-2-8-19-17(13)18(14)23/h2-10,16,23H,1H3,(H,20,22). The van der Waals surface area contributed by atoms with Crippen molar-refractivity contribution in [3.05, 3.63) is 69.9 Å². The molecule has 1 amide bonds. The number of carbonyl (C=O) groups is 1. The number of aromatic nitrogens is 1. The molecule has 1 aromatic heterocycles. The average Bonchev–Trinajstić information content (AvgIpc) is 2.67. The first-order valence-corrected chi connectivity index (χ1v) is 7.65. The first kappa shape index (κ1) is 17.2. The van der Waals surface area contributed by atoms with Gasteiger partial charge in [0.2, 0.25) is 6.41 Å². The van der Waals surface area contributed by atoms with Gasteiger partial charge in [-0.05, 0) is 29.8 Å². The smallest absolute Gasteiger partial charge is 0.279 e. The molecule has 0 aliphatic heterocycles. The Morgan fingerprint density at radius 3 is 2.65 bits per heavy atom. The number of nitrogens with one attached hydrogen (secondary N) is 1. The maximum absolute atomic E-state index is 11.5. The van der Waals surface area contributed by atoms with Gasteiger partial charge in [-0.25, -0.2) is 0 Å². The monoisotopic (exact) mass is 353 g/mol. The second kappa shape index (κ2) is 7.06. The Labute approximate surface area is 148 Å². The highest BCUT2D eigenvalue weighted by atomic mass is 16.6. The number of non-ortho nitro benzene ring substituents is 1.